The van der Waals surface area contributed by atoms with Gasteiger partial charge >= 0.3 is 5.97 Å². The predicted molar refractivity (Wildman–Crippen MR) is 76.3 cm³/mol. The second-order valence-corrected chi connectivity index (χ2v) is 5.04. The Morgan fingerprint density at radius 1 is 1.25 bits per heavy atom. The van der Waals surface area contributed by atoms with Crippen LogP contribution in [0.15, 0.2) is 0 Å². The van der Waals surface area contributed by atoms with Gasteiger partial charge in [0.05, 0.1) is 0 Å². The van der Waals surface area contributed by atoms with Crippen molar-refractivity contribution in [1.82, 2.24) is 15.0 Å². The van der Waals surface area contributed by atoms with Gasteiger partial charge in [-0.2, -0.15) is 15.0 Å². The number of nitrogens with zero attached hydrogens (tertiary/aromatic N) is 4. The molecule has 2 N–H and O–H groups in total. The third kappa shape index (κ3) is 4.48. The maximum Gasteiger partial charge on any atom is 0.303 e. The monoisotopic (exact) mass is 299 g/mol. The van der Waals surface area contributed by atoms with Crippen LogP contribution in [0, 0.1) is 0 Å². The van der Waals surface area contributed by atoms with E-state index in [4.69, 9.17) is 16.7 Å². The number of carboxylic acid groups (broad SMARTS) is 1. The summed E-state index contributed by atoms with van der Waals surface area (Å²) in [5.74, 6) is 0.177. The summed E-state index contributed by atoms with van der Waals surface area (Å²) in [4.78, 5) is 25.0. The summed E-state index contributed by atoms with van der Waals surface area (Å²) in [6, 6.07) is 0. The van der Waals surface area contributed by atoms with Gasteiger partial charge in [-0.25, -0.2) is 0 Å². The summed E-state index contributed by atoms with van der Waals surface area (Å²) in [6.45, 7) is 2.35. The molecule has 0 amide bonds. The molecular formula is C12H18ClN5O2. The zero-order valence-corrected chi connectivity index (χ0v) is 11.9. The van der Waals surface area contributed by atoms with Crippen molar-refractivity contribution in [3.8, 4) is 0 Å². The van der Waals surface area contributed by atoms with Crippen LogP contribution in [0.2, 0.25) is 5.28 Å². The molecule has 0 bridgehead atoms. The van der Waals surface area contributed by atoms with Gasteiger partial charge in [0.2, 0.25) is 17.2 Å². The molecule has 0 atom stereocenters. The number of carboxylic acids is 1. The van der Waals surface area contributed by atoms with Crippen molar-refractivity contribution in [3.05, 3.63) is 5.28 Å². The van der Waals surface area contributed by atoms with E-state index in [1.807, 2.05) is 0 Å². The minimum Gasteiger partial charge on any atom is -0.481 e. The molecule has 110 valence electrons. The Morgan fingerprint density at radius 2 is 2.00 bits per heavy atom. The summed E-state index contributed by atoms with van der Waals surface area (Å²) in [7, 11) is 0. The number of halogens is 1. The third-order valence-corrected chi connectivity index (χ3v) is 3.25. The fourth-order valence-corrected chi connectivity index (χ4v) is 2.25. The first-order valence-electron chi connectivity index (χ1n) is 6.77. The Bertz CT molecular complexity index is 465. The number of hydrogen-bond donors (Lipinski definition) is 2. The van der Waals surface area contributed by atoms with E-state index in [1.54, 1.807) is 0 Å². The molecule has 1 fully saturated rings. The standard InChI is InChI=1S/C12H18ClN5O2/c13-10-15-11(14-6-4-5-9(19)20)17-12(16-10)18-7-2-1-3-8-18/h1-8H2,(H,19,20)(H,14,15,16,17). The van der Waals surface area contributed by atoms with E-state index in [0.717, 1.165) is 25.9 Å². The van der Waals surface area contributed by atoms with Crippen LogP contribution in [0.25, 0.3) is 0 Å². The van der Waals surface area contributed by atoms with Gasteiger partial charge < -0.3 is 15.3 Å². The van der Waals surface area contributed by atoms with Crippen LogP contribution in [0.4, 0.5) is 11.9 Å². The highest BCUT2D eigenvalue weighted by molar-refractivity contribution is 6.28. The Hall–Kier alpha value is -1.63. The number of aliphatic carboxylic acids is 1. The number of nitrogens with one attached hydrogen (secondary N) is 1. The average molecular weight is 300 g/mol. The van der Waals surface area contributed by atoms with E-state index >= 15 is 0 Å². The van der Waals surface area contributed by atoms with Gasteiger partial charge in [0.1, 0.15) is 0 Å². The average Bonchev–Trinajstić information content (AvgIpc) is 2.44. The quantitative estimate of drug-likeness (QED) is 0.774. The van der Waals surface area contributed by atoms with Crippen molar-refractivity contribution in [2.75, 3.05) is 29.9 Å². The predicted octanol–water partition coefficient (Wildman–Crippen LogP) is 1.79. The number of rotatable bonds is 6. The van der Waals surface area contributed by atoms with Crippen LogP contribution in [0.3, 0.4) is 0 Å². The van der Waals surface area contributed by atoms with E-state index < -0.39 is 5.97 Å². The lowest BCUT2D eigenvalue weighted by Crippen LogP contribution is -2.31. The number of anilines is 2. The van der Waals surface area contributed by atoms with Gasteiger partial charge in [-0.1, -0.05) is 0 Å². The van der Waals surface area contributed by atoms with E-state index in [9.17, 15) is 4.79 Å². The van der Waals surface area contributed by atoms with E-state index in [-0.39, 0.29) is 11.7 Å². The van der Waals surface area contributed by atoms with Gasteiger partial charge in [0, 0.05) is 26.1 Å². The highest BCUT2D eigenvalue weighted by atomic mass is 35.5. The highest BCUT2D eigenvalue weighted by Crippen LogP contribution is 2.18. The van der Waals surface area contributed by atoms with Crippen molar-refractivity contribution in [1.29, 1.82) is 0 Å². The molecule has 0 radical (unpaired) electrons. The van der Waals surface area contributed by atoms with Crippen molar-refractivity contribution < 1.29 is 9.90 Å². The molecule has 2 rings (SSSR count). The van der Waals surface area contributed by atoms with Crippen LogP contribution in [-0.4, -0.2) is 45.7 Å². The third-order valence-electron chi connectivity index (χ3n) is 3.09. The zero-order chi connectivity index (χ0) is 14.4. The first kappa shape index (κ1) is 14.8. The molecule has 0 spiro atoms. The van der Waals surface area contributed by atoms with E-state index in [1.165, 1.54) is 6.42 Å². The maximum absolute atomic E-state index is 10.4. The molecular weight excluding hydrogens is 282 g/mol. The van der Waals surface area contributed by atoms with E-state index in [0.29, 0.717) is 24.9 Å². The number of aromatic nitrogens is 3. The molecule has 8 heteroatoms. The van der Waals surface area contributed by atoms with Gasteiger partial charge in [-0.05, 0) is 37.3 Å². The lowest BCUT2D eigenvalue weighted by molar-refractivity contribution is -0.137. The Labute approximate surface area is 122 Å². The summed E-state index contributed by atoms with van der Waals surface area (Å²) in [5.41, 5.74) is 0. The fourth-order valence-electron chi connectivity index (χ4n) is 2.09. The van der Waals surface area contributed by atoms with Gasteiger partial charge in [0.25, 0.3) is 0 Å². The summed E-state index contributed by atoms with van der Waals surface area (Å²) >= 11 is 5.91. The van der Waals surface area contributed by atoms with Crippen LogP contribution in [0.5, 0.6) is 0 Å². The Kier molecular flexibility index (Phi) is 5.34. The second kappa shape index (κ2) is 7.23. The molecule has 1 aromatic rings. The number of carbonyl (C=O) groups is 1. The number of piperidine rings is 1. The normalized spacial score (nSPS) is 15.2. The van der Waals surface area contributed by atoms with Gasteiger partial charge in [0.15, 0.2) is 0 Å². The maximum atomic E-state index is 10.4. The SMILES string of the molecule is O=C(O)CCCNc1nc(Cl)nc(N2CCCCC2)n1. The zero-order valence-electron chi connectivity index (χ0n) is 11.2. The van der Waals surface area contributed by atoms with Crippen molar-refractivity contribution in [2.24, 2.45) is 0 Å². The minimum absolute atomic E-state index is 0.116. The summed E-state index contributed by atoms with van der Waals surface area (Å²) in [5, 5.41) is 11.7. The largest absolute Gasteiger partial charge is 0.481 e. The van der Waals surface area contributed by atoms with Gasteiger partial charge in [-0.3, -0.25) is 4.79 Å². The molecule has 1 aliphatic rings. The minimum atomic E-state index is -0.811. The lowest BCUT2D eigenvalue weighted by Gasteiger charge is -2.26. The Morgan fingerprint density at radius 3 is 2.70 bits per heavy atom. The highest BCUT2D eigenvalue weighted by Gasteiger charge is 2.15. The molecule has 1 saturated heterocycles. The molecule has 0 aromatic carbocycles. The molecule has 0 aliphatic carbocycles. The van der Waals surface area contributed by atoms with Crippen molar-refractivity contribution >= 4 is 29.5 Å². The molecule has 1 aliphatic heterocycles. The van der Waals surface area contributed by atoms with Crippen LogP contribution >= 0.6 is 11.6 Å². The molecule has 0 saturated carbocycles. The second-order valence-electron chi connectivity index (χ2n) is 4.70. The smallest absolute Gasteiger partial charge is 0.303 e. The van der Waals surface area contributed by atoms with Crippen LogP contribution in [0.1, 0.15) is 32.1 Å². The van der Waals surface area contributed by atoms with Crippen molar-refractivity contribution in [2.45, 2.75) is 32.1 Å². The van der Waals surface area contributed by atoms with Crippen molar-refractivity contribution in [3.63, 3.8) is 0 Å². The first-order chi connectivity index (χ1) is 9.65. The molecule has 7 nitrogen and oxygen atoms in total. The van der Waals surface area contributed by atoms with Crippen LogP contribution < -0.4 is 10.2 Å². The molecule has 0 unspecified atom stereocenters. The number of hydrogen-bond acceptors (Lipinski definition) is 6. The summed E-state index contributed by atoms with van der Waals surface area (Å²) in [6.07, 6.45) is 4.12. The summed E-state index contributed by atoms with van der Waals surface area (Å²) < 4.78 is 0. The first-order valence-corrected chi connectivity index (χ1v) is 7.15. The molecule has 20 heavy (non-hydrogen) atoms. The lowest BCUT2D eigenvalue weighted by atomic mass is 10.1. The fraction of sp³-hybridized carbons (Fsp3) is 0.667. The molecule has 2 heterocycles. The van der Waals surface area contributed by atoms with Crippen LogP contribution in [-0.2, 0) is 4.79 Å². The Balaban J connectivity index is 1.95. The topological polar surface area (TPSA) is 91.2 Å². The van der Waals surface area contributed by atoms with E-state index in [2.05, 4.69) is 25.2 Å². The van der Waals surface area contributed by atoms with Gasteiger partial charge in [-0.15, -0.1) is 0 Å². The molecule has 1 aromatic heterocycles.